The predicted molar refractivity (Wildman–Crippen MR) is 85.4 cm³/mol. The van der Waals surface area contributed by atoms with Crippen molar-refractivity contribution in [3.8, 4) is 0 Å². The number of nitrogens with zero attached hydrogens (tertiary/aromatic N) is 2. The van der Waals surface area contributed by atoms with Crippen LogP contribution in [0.3, 0.4) is 0 Å². The number of hydrogen-bond donors (Lipinski definition) is 0. The molecule has 122 valence electrons. The molecule has 0 bridgehead atoms. The van der Waals surface area contributed by atoms with Crippen LogP contribution in [0.1, 0.15) is 38.8 Å². The number of ketones is 2. The van der Waals surface area contributed by atoms with Crippen molar-refractivity contribution in [1.29, 1.82) is 0 Å². The van der Waals surface area contributed by atoms with Crippen LogP contribution in [0.25, 0.3) is 5.57 Å². The van der Waals surface area contributed by atoms with E-state index < -0.39 is 11.6 Å². The number of hydrogen-bond acceptors (Lipinski definition) is 3. The quantitative estimate of drug-likeness (QED) is 0.805. The molecular formula is C18H21FN2O2. The van der Waals surface area contributed by atoms with Gasteiger partial charge in [-0.3, -0.25) is 9.59 Å². The molecule has 0 saturated heterocycles. The first-order valence-electron chi connectivity index (χ1n) is 8.03. The van der Waals surface area contributed by atoms with E-state index in [1.807, 2.05) is 19.2 Å². The number of carbonyl (C=O) groups excluding carboxylic acids is 2. The molecule has 1 fully saturated rings. The Kier molecular flexibility index (Phi) is 4.04. The van der Waals surface area contributed by atoms with Crippen molar-refractivity contribution >= 4 is 17.1 Å². The monoisotopic (exact) mass is 316 g/mol. The lowest BCUT2D eigenvalue weighted by Gasteiger charge is -2.30. The summed E-state index contributed by atoms with van der Waals surface area (Å²) in [5.41, 5.74) is 0.653. The summed E-state index contributed by atoms with van der Waals surface area (Å²) >= 11 is 0. The van der Waals surface area contributed by atoms with Crippen molar-refractivity contribution in [2.45, 2.75) is 45.8 Å². The lowest BCUT2D eigenvalue weighted by atomic mass is 9.73. The van der Waals surface area contributed by atoms with Crippen LogP contribution in [0.15, 0.2) is 30.8 Å². The van der Waals surface area contributed by atoms with Crippen LogP contribution in [0.4, 0.5) is 4.39 Å². The molecule has 1 saturated carbocycles. The molecule has 23 heavy (non-hydrogen) atoms. The van der Waals surface area contributed by atoms with Gasteiger partial charge >= 0.3 is 0 Å². The number of alkyl halides is 1. The van der Waals surface area contributed by atoms with Crippen molar-refractivity contribution in [3.05, 3.63) is 36.4 Å². The van der Waals surface area contributed by atoms with Crippen LogP contribution in [0.5, 0.6) is 0 Å². The minimum absolute atomic E-state index is 0.00895. The highest BCUT2D eigenvalue weighted by atomic mass is 19.1. The van der Waals surface area contributed by atoms with Gasteiger partial charge in [0.1, 0.15) is 23.2 Å². The van der Waals surface area contributed by atoms with Crippen molar-refractivity contribution < 1.29 is 14.0 Å². The molecule has 0 radical (unpaired) electrons. The second kappa shape index (κ2) is 5.87. The lowest BCUT2D eigenvalue weighted by molar-refractivity contribution is -0.143. The second-order valence-corrected chi connectivity index (χ2v) is 6.75. The summed E-state index contributed by atoms with van der Waals surface area (Å²) in [7, 11) is 0. The zero-order valence-electron chi connectivity index (χ0n) is 13.5. The summed E-state index contributed by atoms with van der Waals surface area (Å²) in [5, 5.41) is 0. The number of aromatic nitrogens is 2. The van der Waals surface area contributed by atoms with E-state index in [4.69, 9.17) is 0 Å². The summed E-state index contributed by atoms with van der Waals surface area (Å²) in [6.45, 7) is 3.87. The second-order valence-electron chi connectivity index (χ2n) is 6.75. The highest BCUT2D eigenvalue weighted by Gasteiger charge is 2.42. The summed E-state index contributed by atoms with van der Waals surface area (Å²) in [5.74, 6) is -0.163. The zero-order valence-corrected chi connectivity index (χ0v) is 13.5. The molecule has 2 aliphatic rings. The van der Waals surface area contributed by atoms with Gasteiger partial charge < -0.3 is 4.57 Å². The van der Waals surface area contributed by atoms with Crippen molar-refractivity contribution in [2.24, 2.45) is 11.3 Å². The Morgan fingerprint density at radius 2 is 2.04 bits per heavy atom. The maximum Gasteiger partial charge on any atom is 0.147 e. The first kappa shape index (κ1) is 15.8. The van der Waals surface area contributed by atoms with Gasteiger partial charge in [0.05, 0.1) is 12.0 Å². The summed E-state index contributed by atoms with van der Waals surface area (Å²) in [6, 6.07) is 0. The third kappa shape index (κ3) is 2.92. The molecule has 5 heteroatoms. The fraction of sp³-hybridized carbons (Fsp3) is 0.500. The minimum atomic E-state index is -0.961. The Hall–Kier alpha value is -2.04. The molecule has 2 unspecified atom stereocenters. The average Bonchev–Trinajstić information content (AvgIpc) is 2.96. The van der Waals surface area contributed by atoms with Crippen LogP contribution in [-0.2, 0) is 16.1 Å². The maximum absolute atomic E-state index is 13.5. The number of halogens is 1. The maximum atomic E-state index is 13.5. The first-order valence-corrected chi connectivity index (χ1v) is 8.03. The molecule has 0 aliphatic heterocycles. The predicted octanol–water partition coefficient (Wildman–Crippen LogP) is 3.14. The smallest absolute Gasteiger partial charge is 0.147 e. The SMILES string of the molecule is CC1C=C(c2cn(CC3(C)C(=O)CCCC3=O)cn2)C=CC1F. The van der Waals surface area contributed by atoms with Crippen molar-refractivity contribution in [1.82, 2.24) is 9.55 Å². The summed E-state index contributed by atoms with van der Waals surface area (Å²) < 4.78 is 15.3. The van der Waals surface area contributed by atoms with Gasteiger partial charge in [0.25, 0.3) is 0 Å². The van der Waals surface area contributed by atoms with Gasteiger partial charge in [-0.25, -0.2) is 9.37 Å². The highest BCUT2D eigenvalue weighted by Crippen LogP contribution is 2.32. The van der Waals surface area contributed by atoms with E-state index >= 15 is 0 Å². The zero-order chi connectivity index (χ0) is 16.6. The Morgan fingerprint density at radius 3 is 2.70 bits per heavy atom. The Labute approximate surface area is 135 Å². The summed E-state index contributed by atoms with van der Waals surface area (Å²) in [4.78, 5) is 28.7. The van der Waals surface area contributed by atoms with Crippen molar-refractivity contribution in [2.75, 3.05) is 0 Å². The fourth-order valence-electron chi connectivity index (χ4n) is 3.23. The average molecular weight is 316 g/mol. The number of allylic oxidation sites excluding steroid dienone is 4. The number of carbonyl (C=O) groups is 2. The third-order valence-corrected chi connectivity index (χ3v) is 4.87. The molecule has 0 N–H and O–H groups in total. The van der Waals surface area contributed by atoms with E-state index in [0.29, 0.717) is 25.8 Å². The summed E-state index contributed by atoms with van der Waals surface area (Å²) in [6.07, 6.45) is 9.21. The van der Waals surface area contributed by atoms with Gasteiger partial charge in [-0.1, -0.05) is 19.1 Å². The van der Waals surface area contributed by atoms with E-state index in [1.54, 1.807) is 23.9 Å². The number of rotatable bonds is 3. The van der Waals surface area contributed by atoms with Crippen molar-refractivity contribution in [3.63, 3.8) is 0 Å². The molecule has 3 rings (SSSR count). The number of Topliss-reactive ketones (excluding diaryl/α,β-unsaturated/α-hetero) is 2. The van der Waals surface area contributed by atoms with Crippen LogP contribution >= 0.6 is 0 Å². The largest absolute Gasteiger partial charge is 0.335 e. The van der Waals surface area contributed by atoms with Crippen LogP contribution in [0, 0.1) is 11.3 Å². The normalized spacial score (nSPS) is 27.2. The molecular weight excluding hydrogens is 295 g/mol. The molecule has 1 heterocycles. The molecule has 0 spiro atoms. The molecule has 0 amide bonds. The molecule has 1 aromatic heterocycles. The molecule has 4 nitrogen and oxygen atoms in total. The first-order chi connectivity index (χ1) is 10.9. The number of imidazole rings is 1. The molecule has 2 atom stereocenters. The van der Waals surface area contributed by atoms with E-state index in [1.165, 1.54) is 6.08 Å². The minimum Gasteiger partial charge on any atom is -0.335 e. The molecule has 1 aromatic rings. The van der Waals surface area contributed by atoms with Gasteiger partial charge in [-0.05, 0) is 25.0 Å². The van der Waals surface area contributed by atoms with Gasteiger partial charge in [0.2, 0.25) is 0 Å². The van der Waals surface area contributed by atoms with Crippen LogP contribution in [0.2, 0.25) is 0 Å². The Balaban J connectivity index is 1.80. The van der Waals surface area contributed by atoms with Crippen LogP contribution in [-0.4, -0.2) is 27.3 Å². The van der Waals surface area contributed by atoms with Gasteiger partial charge in [0.15, 0.2) is 0 Å². The van der Waals surface area contributed by atoms with E-state index in [-0.39, 0.29) is 17.5 Å². The molecule has 2 aliphatic carbocycles. The molecule has 0 aromatic carbocycles. The van der Waals surface area contributed by atoms with E-state index in [9.17, 15) is 14.0 Å². The standard InChI is InChI=1S/C18H21FN2O2/c1-12-8-13(6-7-14(12)19)15-9-21(11-20-15)10-18(2)16(22)4-3-5-17(18)23/h6-9,11-12,14H,3-5,10H2,1-2H3. The van der Waals surface area contributed by atoms with Gasteiger partial charge in [-0.15, -0.1) is 0 Å². The Morgan fingerprint density at radius 1 is 1.35 bits per heavy atom. The fourth-order valence-corrected chi connectivity index (χ4v) is 3.23. The lowest BCUT2D eigenvalue weighted by Crippen LogP contribution is -2.43. The van der Waals surface area contributed by atoms with Gasteiger partial charge in [-0.2, -0.15) is 0 Å². The third-order valence-electron chi connectivity index (χ3n) is 4.87. The van der Waals surface area contributed by atoms with Crippen LogP contribution < -0.4 is 0 Å². The van der Waals surface area contributed by atoms with Gasteiger partial charge in [0, 0.05) is 31.5 Å². The topological polar surface area (TPSA) is 52.0 Å². The van der Waals surface area contributed by atoms with E-state index in [2.05, 4.69) is 4.98 Å². The highest BCUT2D eigenvalue weighted by molar-refractivity contribution is 6.08. The Bertz CT molecular complexity index is 686. The van der Waals surface area contributed by atoms with E-state index in [0.717, 1.165) is 11.3 Å².